The van der Waals surface area contributed by atoms with Crippen molar-refractivity contribution in [1.29, 1.82) is 0 Å². The third-order valence-electron chi connectivity index (χ3n) is 4.83. The van der Waals surface area contributed by atoms with Crippen molar-refractivity contribution >= 4 is 44.8 Å². The quantitative estimate of drug-likeness (QED) is 0.751. The van der Waals surface area contributed by atoms with E-state index in [1.54, 1.807) is 6.07 Å². The van der Waals surface area contributed by atoms with Crippen LogP contribution in [-0.2, 0) is 14.8 Å². The molecule has 2 aromatic carbocycles. The molecule has 1 N–H and O–H groups in total. The van der Waals surface area contributed by atoms with Crippen molar-refractivity contribution in [2.24, 2.45) is 5.92 Å². The van der Waals surface area contributed by atoms with Gasteiger partial charge in [0.05, 0.1) is 5.02 Å². The van der Waals surface area contributed by atoms with Gasteiger partial charge in [0.2, 0.25) is 15.9 Å². The minimum absolute atomic E-state index is 0.000181. The molecule has 1 aliphatic heterocycles. The van der Waals surface area contributed by atoms with E-state index in [1.807, 2.05) is 32.0 Å². The van der Waals surface area contributed by atoms with Crippen LogP contribution in [0.1, 0.15) is 24.0 Å². The molecule has 0 bridgehead atoms. The first kappa shape index (κ1) is 21.1. The fourth-order valence-corrected chi connectivity index (χ4v) is 5.67. The maximum Gasteiger partial charge on any atom is 0.244 e. The summed E-state index contributed by atoms with van der Waals surface area (Å²) in [6, 6.07) is 10.3. The van der Waals surface area contributed by atoms with Gasteiger partial charge in [-0.05, 0) is 68.1 Å². The molecule has 3 rings (SSSR count). The highest BCUT2D eigenvalue weighted by atomic mass is 35.5. The van der Waals surface area contributed by atoms with Crippen molar-refractivity contribution < 1.29 is 13.2 Å². The molecule has 1 fully saturated rings. The number of rotatable bonds is 4. The molecule has 0 unspecified atom stereocenters. The Morgan fingerprint density at radius 1 is 1.04 bits per heavy atom. The van der Waals surface area contributed by atoms with E-state index in [9.17, 15) is 13.2 Å². The van der Waals surface area contributed by atoms with Gasteiger partial charge in [-0.2, -0.15) is 4.31 Å². The molecule has 1 heterocycles. The van der Waals surface area contributed by atoms with Crippen LogP contribution >= 0.6 is 23.2 Å². The average molecular weight is 441 g/mol. The minimum Gasteiger partial charge on any atom is -0.326 e. The van der Waals surface area contributed by atoms with Crippen molar-refractivity contribution in [3.05, 3.63) is 57.6 Å². The first-order valence-electron chi connectivity index (χ1n) is 9.01. The van der Waals surface area contributed by atoms with Gasteiger partial charge in [-0.15, -0.1) is 0 Å². The molecule has 0 spiro atoms. The normalized spacial score (nSPS) is 16.1. The van der Waals surface area contributed by atoms with Crippen LogP contribution < -0.4 is 5.32 Å². The number of hydrogen-bond acceptors (Lipinski definition) is 3. The van der Waals surface area contributed by atoms with Gasteiger partial charge in [-0.25, -0.2) is 8.42 Å². The van der Waals surface area contributed by atoms with Gasteiger partial charge < -0.3 is 5.32 Å². The molecule has 28 heavy (non-hydrogen) atoms. The number of benzene rings is 2. The van der Waals surface area contributed by atoms with Gasteiger partial charge in [0.25, 0.3) is 0 Å². The van der Waals surface area contributed by atoms with E-state index in [0.717, 1.165) is 16.8 Å². The van der Waals surface area contributed by atoms with Gasteiger partial charge in [-0.1, -0.05) is 29.3 Å². The number of sulfonamides is 1. The van der Waals surface area contributed by atoms with Crippen molar-refractivity contribution in [2.75, 3.05) is 18.4 Å². The van der Waals surface area contributed by atoms with E-state index in [-0.39, 0.29) is 34.8 Å². The van der Waals surface area contributed by atoms with Crippen molar-refractivity contribution in [3.63, 3.8) is 0 Å². The second-order valence-electron chi connectivity index (χ2n) is 7.12. The van der Waals surface area contributed by atoms with Gasteiger partial charge in [0.1, 0.15) is 4.90 Å². The molecule has 0 aliphatic carbocycles. The van der Waals surface area contributed by atoms with Crippen LogP contribution in [0.15, 0.2) is 41.3 Å². The number of hydrogen-bond donors (Lipinski definition) is 1. The van der Waals surface area contributed by atoms with Crippen molar-refractivity contribution in [2.45, 2.75) is 31.6 Å². The second kappa shape index (κ2) is 8.41. The topological polar surface area (TPSA) is 66.5 Å². The van der Waals surface area contributed by atoms with E-state index >= 15 is 0 Å². The number of amides is 1. The van der Waals surface area contributed by atoms with Crippen LogP contribution in [0.4, 0.5) is 5.69 Å². The Morgan fingerprint density at radius 3 is 2.25 bits per heavy atom. The lowest BCUT2D eigenvalue weighted by molar-refractivity contribution is -0.120. The monoisotopic (exact) mass is 440 g/mol. The standard InChI is InChI=1S/C20H22Cl2N2O3S/c1-13-9-14(2)11-17(10-13)23-20(25)15-5-7-24(8-6-15)28(26,27)19-12-16(21)3-4-18(19)22/h3-4,9-12,15H,5-8H2,1-2H3,(H,23,25). The van der Waals surface area contributed by atoms with Crippen LogP contribution in [-0.4, -0.2) is 31.7 Å². The molecule has 0 saturated carbocycles. The summed E-state index contributed by atoms with van der Waals surface area (Å²) in [6.45, 7) is 4.48. The predicted molar refractivity (Wildman–Crippen MR) is 112 cm³/mol. The third-order valence-corrected chi connectivity index (χ3v) is 7.44. The number of nitrogens with zero attached hydrogens (tertiary/aromatic N) is 1. The second-order valence-corrected chi connectivity index (χ2v) is 9.87. The molecule has 0 atom stereocenters. The average Bonchev–Trinajstić information content (AvgIpc) is 2.63. The molecule has 0 aromatic heterocycles. The maximum absolute atomic E-state index is 12.9. The lowest BCUT2D eigenvalue weighted by Crippen LogP contribution is -2.41. The number of halogens is 2. The summed E-state index contributed by atoms with van der Waals surface area (Å²) in [7, 11) is -3.75. The Hall–Kier alpha value is -1.60. The molecule has 150 valence electrons. The number of aryl methyl sites for hydroxylation is 2. The highest BCUT2D eigenvalue weighted by molar-refractivity contribution is 7.89. The summed E-state index contributed by atoms with van der Waals surface area (Å²) in [5.74, 6) is -0.315. The van der Waals surface area contributed by atoms with Gasteiger partial charge in [0, 0.05) is 29.7 Å². The van der Waals surface area contributed by atoms with E-state index in [0.29, 0.717) is 17.9 Å². The zero-order chi connectivity index (χ0) is 20.5. The minimum atomic E-state index is -3.75. The zero-order valence-electron chi connectivity index (χ0n) is 15.7. The Kier molecular flexibility index (Phi) is 6.34. The lowest BCUT2D eigenvalue weighted by Gasteiger charge is -2.30. The lowest BCUT2D eigenvalue weighted by atomic mass is 9.97. The van der Waals surface area contributed by atoms with E-state index in [1.165, 1.54) is 16.4 Å². The smallest absolute Gasteiger partial charge is 0.244 e. The number of carbonyl (C=O) groups is 1. The number of carbonyl (C=O) groups excluding carboxylic acids is 1. The summed E-state index contributed by atoms with van der Waals surface area (Å²) in [4.78, 5) is 12.6. The first-order chi connectivity index (χ1) is 13.2. The van der Waals surface area contributed by atoms with E-state index in [4.69, 9.17) is 23.2 Å². The molecule has 1 amide bonds. The molecule has 1 aliphatic rings. The molecule has 5 nitrogen and oxygen atoms in total. The van der Waals surface area contributed by atoms with Crippen LogP contribution in [0.25, 0.3) is 0 Å². The van der Waals surface area contributed by atoms with Crippen LogP contribution in [0.3, 0.4) is 0 Å². The summed E-state index contributed by atoms with van der Waals surface area (Å²) in [6.07, 6.45) is 0.905. The Bertz CT molecular complexity index is 980. The predicted octanol–water partition coefficient (Wildman–Crippen LogP) is 4.65. The molecular weight excluding hydrogens is 419 g/mol. The van der Waals surface area contributed by atoms with Gasteiger partial charge >= 0.3 is 0 Å². The third kappa shape index (κ3) is 4.69. The van der Waals surface area contributed by atoms with Crippen molar-refractivity contribution in [3.8, 4) is 0 Å². The largest absolute Gasteiger partial charge is 0.326 e. The highest BCUT2D eigenvalue weighted by Crippen LogP contribution is 2.30. The summed E-state index contributed by atoms with van der Waals surface area (Å²) in [5, 5.41) is 3.40. The summed E-state index contributed by atoms with van der Waals surface area (Å²) < 4.78 is 27.1. The van der Waals surface area contributed by atoms with Crippen LogP contribution in [0.2, 0.25) is 10.0 Å². The Labute approximate surface area is 175 Å². The molecule has 0 radical (unpaired) electrons. The number of piperidine rings is 1. The zero-order valence-corrected chi connectivity index (χ0v) is 18.0. The number of anilines is 1. The van der Waals surface area contributed by atoms with Gasteiger partial charge in [-0.3, -0.25) is 4.79 Å². The van der Waals surface area contributed by atoms with Gasteiger partial charge in [0.15, 0.2) is 0 Å². The molecule has 1 saturated heterocycles. The fraction of sp³-hybridized carbons (Fsp3) is 0.350. The summed E-state index contributed by atoms with van der Waals surface area (Å²) >= 11 is 12.0. The maximum atomic E-state index is 12.9. The summed E-state index contributed by atoms with van der Waals surface area (Å²) in [5.41, 5.74) is 2.92. The van der Waals surface area contributed by atoms with Crippen molar-refractivity contribution in [1.82, 2.24) is 4.31 Å². The van der Waals surface area contributed by atoms with Crippen LogP contribution in [0.5, 0.6) is 0 Å². The van der Waals surface area contributed by atoms with E-state index < -0.39 is 10.0 Å². The SMILES string of the molecule is Cc1cc(C)cc(NC(=O)C2CCN(S(=O)(=O)c3cc(Cl)ccc3Cl)CC2)c1. The number of nitrogens with one attached hydrogen (secondary N) is 1. The molecule has 2 aromatic rings. The highest BCUT2D eigenvalue weighted by Gasteiger charge is 2.33. The molecule has 8 heteroatoms. The first-order valence-corrected chi connectivity index (χ1v) is 11.2. The fourth-order valence-electron chi connectivity index (χ4n) is 3.46. The molecular formula is C20H22Cl2N2O3S. The van der Waals surface area contributed by atoms with E-state index in [2.05, 4.69) is 5.32 Å². The van der Waals surface area contributed by atoms with Crippen LogP contribution in [0, 0.1) is 19.8 Å². The Morgan fingerprint density at radius 2 is 1.64 bits per heavy atom. The Balaban J connectivity index is 1.66.